The summed E-state index contributed by atoms with van der Waals surface area (Å²) in [5.41, 5.74) is 3.70. The summed E-state index contributed by atoms with van der Waals surface area (Å²) in [6, 6.07) is 16.8. The van der Waals surface area contributed by atoms with E-state index in [1.165, 1.54) is 16.5 Å². The summed E-state index contributed by atoms with van der Waals surface area (Å²) in [7, 11) is 0. The van der Waals surface area contributed by atoms with E-state index in [1.54, 1.807) is 11.3 Å². The maximum Gasteiger partial charge on any atom is 0.264 e. The predicted octanol–water partition coefficient (Wildman–Crippen LogP) is 5.95. The smallest absolute Gasteiger partial charge is 0.264 e. The lowest BCUT2D eigenvalue weighted by molar-refractivity contribution is 0.0667. The summed E-state index contributed by atoms with van der Waals surface area (Å²) in [4.78, 5) is 16.5. The number of allylic oxidation sites excluding steroid dienone is 1. The summed E-state index contributed by atoms with van der Waals surface area (Å²) in [5.74, 6) is 0.134. The van der Waals surface area contributed by atoms with E-state index >= 15 is 0 Å². The molecular weight excluding hydrogens is 350 g/mol. The highest BCUT2D eigenvalue weighted by molar-refractivity contribution is 7.21. The van der Waals surface area contributed by atoms with Crippen LogP contribution in [-0.4, -0.2) is 17.4 Å². The van der Waals surface area contributed by atoms with E-state index in [9.17, 15) is 4.79 Å². The molecule has 1 unspecified atom stereocenters. The fourth-order valence-electron chi connectivity index (χ4n) is 4.06. The van der Waals surface area contributed by atoms with Crippen LogP contribution in [0.5, 0.6) is 0 Å². The van der Waals surface area contributed by atoms with Crippen LogP contribution in [0.3, 0.4) is 0 Å². The van der Waals surface area contributed by atoms with E-state index in [0.29, 0.717) is 6.42 Å². The Kier molecular flexibility index (Phi) is 4.95. The minimum Gasteiger partial charge on any atom is -0.330 e. The lowest BCUT2D eigenvalue weighted by Crippen LogP contribution is -2.40. The highest BCUT2D eigenvalue weighted by Gasteiger charge is 2.32. The van der Waals surface area contributed by atoms with Gasteiger partial charge in [0.25, 0.3) is 5.91 Å². The van der Waals surface area contributed by atoms with E-state index in [1.807, 2.05) is 29.2 Å². The topological polar surface area (TPSA) is 20.3 Å². The third-order valence-corrected chi connectivity index (χ3v) is 6.51. The zero-order chi connectivity index (χ0) is 18.8. The summed E-state index contributed by atoms with van der Waals surface area (Å²) >= 11 is 1.60. The van der Waals surface area contributed by atoms with Crippen LogP contribution in [0.2, 0.25) is 0 Å². The monoisotopic (exact) mass is 373 g/mol. The number of carbonyl (C=O) groups excluding carboxylic acids is 1. The lowest BCUT2D eigenvalue weighted by atomic mass is 9.90. The maximum atomic E-state index is 13.6. The second-order valence-corrected chi connectivity index (χ2v) is 7.94. The molecule has 0 saturated carbocycles. The number of fused-ring (bicyclic) bond motifs is 2. The molecule has 1 atom stereocenters. The molecule has 0 aliphatic carbocycles. The Labute approximate surface area is 164 Å². The average molecular weight is 374 g/mol. The first kappa shape index (κ1) is 17.7. The molecule has 3 aromatic rings. The first-order valence-electron chi connectivity index (χ1n) is 9.35. The van der Waals surface area contributed by atoms with Gasteiger partial charge in [0.1, 0.15) is 0 Å². The minimum atomic E-state index is 0.0572. The van der Waals surface area contributed by atoms with Gasteiger partial charge in [-0.2, -0.15) is 0 Å². The number of hydrogen-bond acceptors (Lipinski definition) is 2. The number of benzene rings is 2. The number of thiophene rings is 1. The van der Waals surface area contributed by atoms with Gasteiger partial charge in [-0.25, -0.2) is 0 Å². The first-order valence-corrected chi connectivity index (χ1v) is 10.2. The zero-order valence-electron chi connectivity index (χ0n) is 15.4. The molecule has 2 heterocycles. The first-order chi connectivity index (χ1) is 13.2. The highest BCUT2D eigenvalue weighted by atomic mass is 32.1. The van der Waals surface area contributed by atoms with Crippen LogP contribution in [-0.2, 0) is 12.8 Å². The molecule has 0 bridgehead atoms. The summed E-state index contributed by atoms with van der Waals surface area (Å²) < 4.78 is 1.16. The van der Waals surface area contributed by atoms with Crippen LogP contribution in [0.25, 0.3) is 10.1 Å². The Balaban J connectivity index is 1.78. The van der Waals surface area contributed by atoms with Gasteiger partial charge in [0.05, 0.1) is 10.9 Å². The van der Waals surface area contributed by atoms with Gasteiger partial charge in [-0.3, -0.25) is 4.79 Å². The van der Waals surface area contributed by atoms with E-state index in [0.717, 1.165) is 34.5 Å². The van der Waals surface area contributed by atoms with Gasteiger partial charge in [-0.05, 0) is 47.4 Å². The Morgan fingerprint density at radius 1 is 1.11 bits per heavy atom. The molecule has 0 saturated heterocycles. The molecule has 1 aromatic heterocycles. The van der Waals surface area contributed by atoms with Crippen molar-refractivity contribution >= 4 is 27.3 Å². The fourth-order valence-corrected chi connectivity index (χ4v) is 5.24. The normalized spacial score (nSPS) is 16.1. The summed E-state index contributed by atoms with van der Waals surface area (Å²) in [6.07, 6.45) is 6.18. The second-order valence-electron chi connectivity index (χ2n) is 6.89. The quantitative estimate of drug-likeness (QED) is 0.506. The Morgan fingerprint density at radius 2 is 1.89 bits per heavy atom. The van der Waals surface area contributed by atoms with Crippen molar-refractivity contribution in [2.45, 2.75) is 25.3 Å². The van der Waals surface area contributed by atoms with Crippen LogP contribution in [0.15, 0.2) is 73.8 Å². The van der Waals surface area contributed by atoms with Crippen molar-refractivity contribution in [3.8, 4) is 0 Å². The zero-order valence-corrected chi connectivity index (χ0v) is 16.2. The molecule has 3 heteroatoms. The Morgan fingerprint density at radius 3 is 2.70 bits per heavy atom. The number of amides is 1. The van der Waals surface area contributed by atoms with Crippen molar-refractivity contribution in [3.05, 3.63) is 95.4 Å². The van der Waals surface area contributed by atoms with Crippen molar-refractivity contribution < 1.29 is 4.79 Å². The van der Waals surface area contributed by atoms with Crippen molar-refractivity contribution in [3.63, 3.8) is 0 Å². The van der Waals surface area contributed by atoms with Gasteiger partial charge in [0.15, 0.2) is 0 Å². The fraction of sp³-hybridized carbons (Fsp3) is 0.208. The van der Waals surface area contributed by atoms with Gasteiger partial charge in [0.2, 0.25) is 0 Å². The van der Waals surface area contributed by atoms with Crippen LogP contribution in [0.1, 0.15) is 38.8 Å². The van der Waals surface area contributed by atoms with E-state index in [-0.39, 0.29) is 11.9 Å². The maximum absolute atomic E-state index is 13.6. The molecule has 0 fully saturated rings. The van der Waals surface area contributed by atoms with Gasteiger partial charge in [-0.1, -0.05) is 54.6 Å². The number of nitrogens with zero attached hydrogens (tertiary/aromatic N) is 1. The van der Waals surface area contributed by atoms with E-state index in [2.05, 4.69) is 49.6 Å². The van der Waals surface area contributed by atoms with Crippen LogP contribution in [0.4, 0.5) is 0 Å². The number of rotatable bonds is 5. The molecule has 27 heavy (non-hydrogen) atoms. The second kappa shape index (κ2) is 7.53. The lowest BCUT2D eigenvalue weighted by Gasteiger charge is -2.37. The molecule has 1 amide bonds. The van der Waals surface area contributed by atoms with Gasteiger partial charge in [0, 0.05) is 11.2 Å². The molecule has 2 aromatic carbocycles. The van der Waals surface area contributed by atoms with Crippen molar-refractivity contribution in [2.24, 2.45) is 0 Å². The van der Waals surface area contributed by atoms with Crippen LogP contribution >= 0.6 is 11.3 Å². The van der Waals surface area contributed by atoms with Gasteiger partial charge < -0.3 is 4.90 Å². The van der Waals surface area contributed by atoms with Gasteiger partial charge in [-0.15, -0.1) is 24.5 Å². The standard InChI is InChI=1S/C24H23NOS/c1-3-9-20-19-13-7-8-14-22(19)27-23(20)24(26)25-16-15-17-11-5-6-12-18(17)21(25)10-4-2/h3-8,11-14,21H,1-2,9-10,15-16H2. The molecule has 4 rings (SSSR count). The molecule has 2 nitrogen and oxygen atoms in total. The predicted molar refractivity (Wildman–Crippen MR) is 114 cm³/mol. The van der Waals surface area contributed by atoms with Crippen molar-refractivity contribution in [1.29, 1.82) is 0 Å². The SMILES string of the molecule is C=CCc1c(C(=O)N2CCc3ccccc3C2CC=C)sc2ccccc12. The van der Waals surface area contributed by atoms with Crippen LogP contribution < -0.4 is 0 Å². The molecule has 0 N–H and O–H groups in total. The third kappa shape index (κ3) is 3.13. The van der Waals surface area contributed by atoms with Crippen LogP contribution in [0, 0.1) is 0 Å². The largest absolute Gasteiger partial charge is 0.330 e. The molecule has 136 valence electrons. The molecular formula is C24H23NOS. The molecule has 1 aliphatic heterocycles. The average Bonchev–Trinajstić information content (AvgIpc) is 3.07. The van der Waals surface area contributed by atoms with Crippen molar-refractivity contribution in [2.75, 3.05) is 6.54 Å². The highest BCUT2D eigenvalue weighted by Crippen LogP contribution is 2.37. The Bertz CT molecular complexity index is 1020. The third-order valence-electron chi connectivity index (χ3n) is 5.30. The van der Waals surface area contributed by atoms with E-state index < -0.39 is 0 Å². The summed E-state index contributed by atoms with van der Waals surface area (Å²) in [5, 5.41) is 1.17. The minimum absolute atomic E-state index is 0.0572. The van der Waals surface area contributed by atoms with Crippen molar-refractivity contribution in [1.82, 2.24) is 4.90 Å². The van der Waals surface area contributed by atoms with E-state index in [4.69, 9.17) is 0 Å². The summed E-state index contributed by atoms with van der Waals surface area (Å²) in [6.45, 7) is 8.57. The number of carbonyl (C=O) groups is 1. The van der Waals surface area contributed by atoms with Gasteiger partial charge >= 0.3 is 0 Å². The molecule has 0 radical (unpaired) electrons. The Hall–Kier alpha value is -2.65. The number of hydrogen-bond donors (Lipinski definition) is 0. The molecule has 1 aliphatic rings. The molecule has 0 spiro atoms.